The molecule has 7 N–H and O–H groups in total. The summed E-state index contributed by atoms with van der Waals surface area (Å²) in [6, 6.07) is -2.95. The molecular formula is C32H51N3O14. The molecule has 0 aromatic rings. The molecule has 0 aliphatic carbocycles. The first kappa shape index (κ1) is 44.3. The van der Waals surface area contributed by atoms with Crippen molar-refractivity contribution in [2.45, 2.75) is 116 Å². The van der Waals surface area contributed by atoms with Gasteiger partial charge in [0, 0.05) is 52.4 Å². The number of carbonyl (C=O) groups excluding carboxylic acids is 6. The molecule has 0 fully saturated rings. The summed E-state index contributed by atoms with van der Waals surface area (Å²) in [6.07, 6.45) is -1.47. The fraction of sp³-hybridized carbons (Fsp3) is 0.688. The van der Waals surface area contributed by atoms with Gasteiger partial charge in [0.15, 0.2) is 0 Å². The van der Waals surface area contributed by atoms with Gasteiger partial charge in [-0.1, -0.05) is 13.3 Å². The molecule has 0 bridgehead atoms. The molecule has 0 saturated carbocycles. The van der Waals surface area contributed by atoms with Crippen LogP contribution in [0.1, 0.15) is 106 Å². The van der Waals surface area contributed by atoms with Crippen LogP contribution in [0.3, 0.4) is 0 Å². The maximum absolute atomic E-state index is 12.5. The van der Waals surface area contributed by atoms with Crippen molar-refractivity contribution in [3.8, 4) is 0 Å². The monoisotopic (exact) mass is 701 g/mol. The smallest absolute Gasteiger partial charge is 0.326 e. The van der Waals surface area contributed by atoms with E-state index >= 15 is 0 Å². The van der Waals surface area contributed by atoms with Gasteiger partial charge in [0.05, 0.1) is 11.8 Å². The van der Waals surface area contributed by atoms with Crippen molar-refractivity contribution < 1.29 is 69.8 Å². The van der Waals surface area contributed by atoms with Crippen LogP contribution in [0.15, 0.2) is 0 Å². The highest BCUT2D eigenvalue weighted by atomic mass is 16.4. The molecular weight excluding hydrogens is 650 g/mol. The number of unbranched alkanes of at least 4 members (excludes halogenated alkanes) is 1. The molecule has 3 amide bonds. The number of ketones is 3. The minimum absolute atomic E-state index is 0. The second kappa shape index (κ2) is 23.6. The van der Waals surface area contributed by atoms with Gasteiger partial charge >= 0.3 is 23.9 Å². The number of carboxylic acid groups (broad SMARTS) is 4. The van der Waals surface area contributed by atoms with Crippen LogP contribution in [0.2, 0.25) is 0 Å². The van der Waals surface area contributed by atoms with Crippen LogP contribution in [0, 0.1) is 17.8 Å². The van der Waals surface area contributed by atoms with Crippen LogP contribution in [0.25, 0.3) is 0 Å². The Balaban J connectivity index is 0. The molecule has 0 rings (SSSR count). The van der Waals surface area contributed by atoms with Gasteiger partial charge in [0.25, 0.3) is 0 Å². The maximum atomic E-state index is 12.5. The third-order valence-electron chi connectivity index (χ3n) is 7.86. The highest BCUT2D eigenvalue weighted by Gasteiger charge is 2.27. The zero-order valence-corrected chi connectivity index (χ0v) is 28.2. The summed E-state index contributed by atoms with van der Waals surface area (Å²) >= 11 is 0. The number of rotatable bonds is 28. The SMILES string of the molecule is CC(=O)C[C@@H](CCC(=O)N[C@@H](CCC(=O)C[C@@H](CCC(=O)N[C@@H](CCC(=O)NCCCC[C@H](C)C(C)=O)C(=O)O)C(=O)O)C(=O)O)C(=O)O.[HH]. The summed E-state index contributed by atoms with van der Waals surface area (Å²) in [5, 5.41) is 44.6. The molecule has 0 aromatic heterocycles. The molecule has 17 nitrogen and oxygen atoms in total. The van der Waals surface area contributed by atoms with E-state index in [4.69, 9.17) is 5.11 Å². The first-order valence-corrected chi connectivity index (χ1v) is 16.1. The van der Waals surface area contributed by atoms with Crippen molar-refractivity contribution in [2.24, 2.45) is 17.8 Å². The lowest BCUT2D eigenvalue weighted by atomic mass is 9.94. The van der Waals surface area contributed by atoms with Crippen molar-refractivity contribution in [3.63, 3.8) is 0 Å². The zero-order valence-electron chi connectivity index (χ0n) is 28.2. The fourth-order valence-corrected chi connectivity index (χ4v) is 4.68. The van der Waals surface area contributed by atoms with E-state index in [1.54, 1.807) is 0 Å². The lowest BCUT2D eigenvalue weighted by Gasteiger charge is -2.17. The molecule has 0 heterocycles. The maximum Gasteiger partial charge on any atom is 0.326 e. The van der Waals surface area contributed by atoms with Crippen molar-refractivity contribution in [1.29, 1.82) is 0 Å². The Kier molecular flexibility index (Phi) is 21.3. The van der Waals surface area contributed by atoms with E-state index in [2.05, 4.69) is 16.0 Å². The number of Topliss-reactive ketones (excluding diaryl/α,β-unsaturated/α-hetero) is 3. The Morgan fingerprint density at radius 1 is 0.551 bits per heavy atom. The third kappa shape index (κ3) is 21.0. The van der Waals surface area contributed by atoms with Crippen molar-refractivity contribution >= 4 is 58.9 Å². The quantitative estimate of drug-likeness (QED) is 0.0567. The Labute approximate surface area is 285 Å². The molecule has 0 spiro atoms. The first-order valence-electron chi connectivity index (χ1n) is 16.1. The number of carboxylic acids is 4. The van der Waals surface area contributed by atoms with Crippen LogP contribution in [0.5, 0.6) is 0 Å². The number of aliphatic carboxylic acids is 4. The summed E-state index contributed by atoms with van der Waals surface area (Å²) in [5.41, 5.74) is 0. The summed E-state index contributed by atoms with van der Waals surface area (Å²) in [7, 11) is 0. The van der Waals surface area contributed by atoms with Gasteiger partial charge < -0.3 is 41.2 Å². The third-order valence-corrected chi connectivity index (χ3v) is 7.86. The summed E-state index contributed by atoms with van der Waals surface area (Å²) < 4.78 is 0. The normalized spacial score (nSPS) is 13.9. The van der Waals surface area contributed by atoms with Crippen LogP contribution in [-0.4, -0.2) is 98.0 Å². The van der Waals surface area contributed by atoms with Gasteiger partial charge in [-0.25, -0.2) is 9.59 Å². The molecule has 0 saturated heterocycles. The average Bonchev–Trinajstić information content (AvgIpc) is 3.00. The van der Waals surface area contributed by atoms with E-state index in [1.807, 2.05) is 6.92 Å². The number of hydrogen-bond donors (Lipinski definition) is 7. The molecule has 0 aromatic carbocycles. The summed E-state index contributed by atoms with van der Waals surface area (Å²) in [5.74, 6) is -11.1. The second-order valence-electron chi connectivity index (χ2n) is 12.1. The molecule has 0 aliphatic heterocycles. The lowest BCUT2D eigenvalue weighted by molar-refractivity contribution is -0.145. The predicted octanol–water partition coefficient (Wildman–Crippen LogP) is 1.34. The van der Waals surface area contributed by atoms with Gasteiger partial charge in [-0.3, -0.25) is 33.6 Å². The number of amides is 3. The van der Waals surface area contributed by atoms with E-state index in [-0.39, 0.29) is 51.7 Å². The van der Waals surface area contributed by atoms with Gasteiger partial charge in [0.2, 0.25) is 17.7 Å². The minimum Gasteiger partial charge on any atom is -0.481 e. The average molecular weight is 702 g/mol. The van der Waals surface area contributed by atoms with E-state index in [0.29, 0.717) is 19.4 Å². The topological polar surface area (TPSA) is 288 Å². The number of hydrogen-bond acceptors (Lipinski definition) is 10. The molecule has 5 atom stereocenters. The zero-order chi connectivity index (χ0) is 37.7. The molecule has 17 heteroatoms. The standard InChI is InChI=1S/C32H49N3O14.H2/c1-18(20(3)37)6-4-5-15-33-26(39)14-11-25(32(48)49)35-28(41)13-8-22(30(44)45)17-23(38)9-10-24(31(46)47)34-27(40)12-7-21(29(42)43)16-19(2)36;/h18,21-22,24-25H,4-17H2,1-3H3,(H,33,39)(H,34,40)(H,35,41)(H,42,43)(H,44,45)(H,46,47)(H,48,49);1H/t18-,21+,22+,24-,25-;/m0./s1. The predicted molar refractivity (Wildman–Crippen MR) is 172 cm³/mol. The molecule has 0 aliphatic rings. The van der Waals surface area contributed by atoms with E-state index in [1.165, 1.54) is 13.8 Å². The largest absolute Gasteiger partial charge is 0.481 e. The Hall–Kier alpha value is -4.70. The number of nitrogens with one attached hydrogen (secondary N) is 3. The molecule has 0 radical (unpaired) electrons. The molecule has 49 heavy (non-hydrogen) atoms. The minimum atomic E-state index is -1.53. The Morgan fingerprint density at radius 3 is 1.43 bits per heavy atom. The van der Waals surface area contributed by atoms with E-state index in [9.17, 15) is 63.3 Å². The highest BCUT2D eigenvalue weighted by molar-refractivity contribution is 5.88. The van der Waals surface area contributed by atoms with Gasteiger partial charge in [-0.2, -0.15) is 0 Å². The van der Waals surface area contributed by atoms with E-state index in [0.717, 1.165) is 6.42 Å². The number of carbonyl (C=O) groups is 10. The van der Waals surface area contributed by atoms with Gasteiger partial charge in [-0.05, 0) is 52.4 Å². The van der Waals surface area contributed by atoms with Crippen LogP contribution in [-0.2, 0) is 47.9 Å². The first-order chi connectivity index (χ1) is 22.8. The van der Waals surface area contributed by atoms with Crippen molar-refractivity contribution in [2.75, 3.05) is 6.54 Å². The highest BCUT2D eigenvalue weighted by Crippen LogP contribution is 2.16. The molecule has 0 unspecified atom stereocenters. The van der Waals surface area contributed by atoms with E-state index < -0.39 is 103 Å². The second-order valence-corrected chi connectivity index (χ2v) is 12.1. The summed E-state index contributed by atoms with van der Waals surface area (Å²) in [6.45, 7) is 4.87. The Morgan fingerprint density at radius 2 is 1.00 bits per heavy atom. The summed E-state index contributed by atoms with van der Waals surface area (Å²) in [4.78, 5) is 118. The van der Waals surface area contributed by atoms with Crippen LogP contribution in [0.4, 0.5) is 0 Å². The van der Waals surface area contributed by atoms with Crippen molar-refractivity contribution in [1.82, 2.24) is 16.0 Å². The fourth-order valence-electron chi connectivity index (χ4n) is 4.68. The van der Waals surface area contributed by atoms with Crippen LogP contribution < -0.4 is 16.0 Å². The molecule has 278 valence electrons. The Bertz CT molecular complexity index is 1220. The lowest BCUT2D eigenvalue weighted by Crippen LogP contribution is -2.42. The van der Waals surface area contributed by atoms with Gasteiger partial charge in [-0.15, -0.1) is 0 Å². The van der Waals surface area contributed by atoms with Crippen LogP contribution >= 0.6 is 0 Å². The van der Waals surface area contributed by atoms with Crippen molar-refractivity contribution in [3.05, 3.63) is 0 Å². The van der Waals surface area contributed by atoms with Gasteiger partial charge in [0.1, 0.15) is 29.4 Å².